The van der Waals surface area contributed by atoms with Gasteiger partial charge < -0.3 is 25.2 Å². The van der Waals surface area contributed by atoms with Gasteiger partial charge in [0.25, 0.3) is 0 Å². The molecule has 0 spiro atoms. The van der Waals surface area contributed by atoms with E-state index < -0.39 is 18.0 Å². The maximum absolute atomic E-state index is 11.8. The molecule has 20 heavy (non-hydrogen) atoms. The fourth-order valence-corrected chi connectivity index (χ4v) is 2.19. The van der Waals surface area contributed by atoms with Crippen LogP contribution >= 0.6 is 0 Å². The highest BCUT2D eigenvalue weighted by atomic mass is 16.5. The highest BCUT2D eigenvalue weighted by Crippen LogP contribution is 2.15. The van der Waals surface area contributed by atoms with Gasteiger partial charge in [-0.25, -0.2) is 9.59 Å². The van der Waals surface area contributed by atoms with Gasteiger partial charge in [-0.1, -0.05) is 0 Å². The Hall–Kier alpha value is -1.34. The van der Waals surface area contributed by atoms with Gasteiger partial charge in [0.05, 0.1) is 12.1 Å². The average Bonchev–Trinajstić information content (AvgIpc) is 2.91. The molecule has 0 aromatic rings. The van der Waals surface area contributed by atoms with E-state index in [0.717, 1.165) is 12.8 Å². The minimum Gasteiger partial charge on any atom is -0.480 e. The van der Waals surface area contributed by atoms with Crippen molar-refractivity contribution in [1.29, 1.82) is 0 Å². The Morgan fingerprint density at radius 2 is 2.20 bits per heavy atom. The molecule has 0 bridgehead atoms. The minimum atomic E-state index is -1.04. The van der Waals surface area contributed by atoms with Crippen LogP contribution in [0, 0.1) is 0 Å². The number of carboxylic acids is 1. The number of hydrogen-bond donors (Lipinski definition) is 3. The maximum atomic E-state index is 11.8. The normalized spacial score (nSPS) is 21.2. The number of hydrogen-bond acceptors (Lipinski definition) is 4. The third-order valence-corrected chi connectivity index (χ3v) is 3.33. The molecule has 1 heterocycles. The summed E-state index contributed by atoms with van der Waals surface area (Å²) < 4.78 is 10.3. The van der Waals surface area contributed by atoms with Crippen molar-refractivity contribution < 1.29 is 24.2 Å². The quantitative estimate of drug-likeness (QED) is 0.572. The summed E-state index contributed by atoms with van der Waals surface area (Å²) >= 11 is 0. The Bertz CT molecular complexity index is 318. The summed E-state index contributed by atoms with van der Waals surface area (Å²) in [5.74, 6) is -1.04. The molecular formula is C13H24N2O5. The zero-order valence-corrected chi connectivity index (χ0v) is 12.1. The summed E-state index contributed by atoms with van der Waals surface area (Å²) in [4.78, 5) is 22.8. The van der Waals surface area contributed by atoms with E-state index in [1.54, 1.807) is 7.11 Å². The van der Waals surface area contributed by atoms with Crippen molar-refractivity contribution in [2.75, 3.05) is 20.3 Å². The molecule has 2 amide bonds. The topological polar surface area (TPSA) is 96.9 Å². The molecule has 3 N–H and O–H groups in total. The Balaban J connectivity index is 2.34. The van der Waals surface area contributed by atoms with E-state index in [4.69, 9.17) is 14.6 Å². The van der Waals surface area contributed by atoms with Crippen LogP contribution in [0.4, 0.5) is 4.79 Å². The van der Waals surface area contributed by atoms with Crippen LogP contribution in [0.15, 0.2) is 0 Å². The Morgan fingerprint density at radius 1 is 1.45 bits per heavy atom. The largest absolute Gasteiger partial charge is 0.480 e. The number of rotatable bonds is 8. The van der Waals surface area contributed by atoms with E-state index in [2.05, 4.69) is 10.6 Å². The Morgan fingerprint density at radius 3 is 2.75 bits per heavy atom. The van der Waals surface area contributed by atoms with Crippen molar-refractivity contribution in [1.82, 2.24) is 10.6 Å². The second kappa shape index (κ2) is 8.76. The smallest absolute Gasteiger partial charge is 0.326 e. The summed E-state index contributed by atoms with van der Waals surface area (Å²) in [6, 6.07) is -1.51. The molecule has 1 aliphatic heterocycles. The summed E-state index contributed by atoms with van der Waals surface area (Å²) in [6.45, 7) is 3.04. The van der Waals surface area contributed by atoms with Gasteiger partial charge in [-0.15, -0.1) is 0 Å². The third kappa shape index (κ3) is 5.75. The zero-order chi connectivity index (χ0) is 15.0. The molecule has 0 saturated carbocycles. The summed E-state index contributed by atoms with van der Waals surface area (Å²) in [5, 5.41) is 14.3. The van der Waals surface area contributed by atoms with E-state index in [1.807, 2.05) is 6.92 Å². The number of urea groups is 1. The SMILES string of the molecule is COCCCC(NC(=O)NC(C)C1CCCO1)C(=O)O. The van der Waals surface area contributed by atoms with E-state index in [1.165, 1.54) is 0 Å². The van der Waals surface area contributed by atoms with E-state index in [-0.39, 0.29) is 12.1 Å². The van der Waals surface area contributed by atoms with Crippen molar-refractivity contribution >= 4 is 12.0 Å². The molecule has 0 radical (unpaired) electrons. The summed E-state index contributed by atoms with van der Waals surface area (Å²) in [7, 11) is 1.55. The fourth-order valence-electron chi connectivity index (χ4n) is 2.19. The molecular weight excluding hydrogens is 264 g/mol. The minimum absolute atomic E-state index is 0.0116. The molecule has 7 nitrogen and oxygen atoms in total. The zero-order valence-electron chi connectivity index (χ0n) is 12.1. The molecule has 1 rings (SSSR count). The predicted octanol–water partition coefficient (Wildman–Crippen LogP) is 0.733. The monoisotopic (exact) mass is 288 g/mol. The summed E-state index contributed by atoms with van der Waals surface area (Å²) in [5.41, 5.74) is 0. The number of amides is 2. The molecule has 3 unspecified atom stereocenters. The molecule has 116 valence electrons. The van der Waals surface area contributed by atoms with Crippen molar-refractivity contribution in [3.05, 3.63) is 0 Å². The van der Waals surface area contributed by atoms with Gasteiger partial charge in [-0.2, -0.15) is 0 Å². The van der Waals surface area contributed by atoms with Crippen LogP contribution in [0.5, 0.6) is 0 Å². The van der Waals surface area contributed by atoms with Crippen LogP contribution in [0.2, 0.25) is 0 Å². The molecule has 1 fully saturated rings. The number of methoxy groups -OCH3 is 1. The standard InChI is InChI=1S/C13H24N2O5/c1-9(11-6-4-8-20-11)14-13(18)15-10(12(16)17)5-3-7-19-2/h9-11H,3-8H2,1-2H3,(H,16,17)(H2,14,15,18). The van der Waals surface area contributed by atoms with Crippen LogP contribution in [0.3, 0.4) is 0 Å². The van der Waals surface area contributed by atoms with Crippen molar-refractivity contribution in [2.24, 2.45) is 0 Å². The molecule has 0 aromatic heterocycles. The highest BCUT2D eigenvalue weighted by molar-refractivity contribution is 5.82. The maximum Gasteiger partial charge on any atom is 0.326 e. The lowest BCUT2D eigenvalue weighted by atomic mass is 10.1. The first kappa shape index (κ1) is 16.7. The number of aliphatic carboxylic acids is 1. The lowest BCUT2D eigenvalue weighted by Crippen LogP contribution is -2.51. The molecule has 1 saturated heterocycles. The second-order valence-electron chi connectivity index (χ2n) is 4.98. The second-order valence-corrected chi connectivity index (χ2v) is 4.98. The van der Waals surface area contributed by atoms with Gasteiger partial charge in [0.1, 0.15) is 6.04 Å². The highest BCUT2D eigenvalue weighted by Gasteiger charge is 2.25. The van der Waals surface area contributed by atoms with Crippen molar-refractivity contribution in [3.8, 4) is 0 Å². The molecule has 3 atom stereocenters. The first-order valence-corrected chi connectivity index (χ1v) is 6.95. The number of ether oxygens (including phenoxy) is 2. The van der Waals surface area contributed by atoms with Gasteiger partial charge >= 0.3 is 12.0 Å². The molecule has 0 aromatic carbocycles. The van der Waals surface area contributed by atoms with Gasteiger partial charge in [-0.05, 0) is 32.6 Å². The van der Waals surface area contributed by atoms with Crippen LogP contribution in [0.25, 0.3) is 0 Å². The lowest BCUT2D eigenvalue weighted by Gasteiger charge is -2.22. The number of carboxylic acid groups (broad SMARTS) is 1. The average molecular weight is 288 g/mol. The lowest BCUT2D eigenvalue weighted by molar-refractivity contribution is -0.139. The first-order chi connectivity index (χ1) is 9.54. The Labute approximate surface area is 119 Å². The number of nitrogens with one attached hydrogen (secondary N) is 2. The van der Waals surface area contributed by atoms with Crippen molar-refractivity contribution in [3.63, 3.8) is 0 Å². The van der Waals surface area contributed by atoms with Crippen LogP contribution in [-0.4, -0.2) is 55.6 Å². The van der Waals surface area contributed by atoms with Crippen LogP contribution in [-0.2, 0) is 14.3 Å². The third-order valence-electron chi connectivity index (χ3n) is 3.33. The van der Waals surface area contributed by atoms with Crippen molar-refractivity contribution in [2.45, 2.75) is 50.8 Å². The number of carbonyl (C=O) groups excluding carboxylic acids is 1. The van der Waals surface area contributed by atoms with Gasteiger partial charge in [0.15, 0.2) is 0 Å². The summed E-state index contributed by atoms with van der Waals surface area (Å²) in [6.07, 6.45) is 2.84. The van der Waals surface area contributed by atoms with E-state index in [0.29, 0.717) is 26.1 Å². The molecule has 7 heteroatoms. The van der Waals surface area contributed by atoms with Gasteiger partial charge in [-0.3, -0.25) is 0 Å². The Kier molecular flexibility index (Phi) is 7.32. The molecule has 0 aliphatic carbocycles. The van der Waals surface area contributed by atoms with Gasteiger partial charge in [0, 0.05) is 20.3 Å². The number of carbonyl (C=O) groups is 2. The molecule has 1 aliphatic rings. The van der Waals surface area contributed by atoms with E-state index in [9.17, 15) is 9.59 Å². The predicted molar refractivity (Wildman–Crippen MR) is 72.6 cm³/mol. The van der Waals surface area contributed by atoms with E-state index >= 15 is 0 Å². The van der Waals surface area contributed by atoms with Crippen LogP contribution < -0.4 is 10.6 Å². The first-order valence-electron chi connectivity index (χ1n) is 6.95. The fraction of sp³-hybridized carbons (Fsp3) is 0.846. The van der Waals surface area contributed by atoms with Gasteiger partial charge in [0.2, 0.25) is 0 Å². The van der Waals surface area contributed by atoms with Crippen LogP contribution in [0.1, 0.15) is 32.6 Å².